The molecular weight excluding hydrogens is 400 g/mol. The van der Waals surface area contributed by atoms with Crippen LogP contribution in [0.3, 0.4) is 0 Å². The molecule has 2 heterocycles. The predicted molar refractivity (Wildman–Crippen MR) is 118 cm³/mol. The number of ether oxygens (including phenoxy) is 1. The molecule has 1 saturated heterocycles. The van der Waals surface area contributed by atoms with E-state index in [2.05, 4.69) is 18.7 Å². The first-order chi connectivity index (χ1) is 14.4. The average molecular weight is 425 g/mol. The molecule has 2 unspecified atom stereocenters. The molecule has 0 N–H and O–H groups in total. The quantitative estimate of drug-likeness (QED) is 0.672. The number of piperidine rings is 1. The first-order valence-corrected chi connectivity index (χ1v) is 10.6. The van der Waals surface area contributed by atoms with Crippen molar-refractivity contribution in [2.75, 3.05) is 25.1 Å². The summed E-state index contributed by atoms with van der Waals surface area (Å²) in [5.41, 5.74) is 2.03. The molecule has 2 aromatic rings. The van der Waals surface area contributed by atoms with E-state index in [1.165, 1.54) is 12.0 Å². The lowest BCUT2D eigenvalue weighted by Crippen LogP contribution is -2.42. The molecule has 0 radical (unpaired) electrons. The molecule has 0 saturated carbocycles. The summed E-state index contributed by atoms with van der Waals surface area (Å²) in [5.74, 6) is 0.714. The maximum atomic E-state index is 13.7. The molecule has 4 rings (SSSR count). The third kappa shape index (κ3) is 3.58. The molecule has 6 heteroatoms. The molecule has 0 spiro atoms. The van der Waals surface area contributed by atoms with Crippen molar-refractivity contribution in [2.24, 2.45) is 11.8 Å². The number of hydrogen-bond acceptors (Lipinski definition) is 4. The number of carbonyl (C=O) groups is 2. The van der Waals surface area contributed by atoms with E-state index in [1.54, 1.807) is 42.5 Å². The van der Waals surface area contributed by atoms with Crippen molar-refractivity contribution in [3.8, 4) is 5.75 Å². The highest BCUT2D eigenvalue weighted by atomic mass is 35.5. The van der Waals surface area contributed by atoms with Crippen LogP contribution < -0.4 is 9.64 Å². The average Bonchev–Trinajstić information content (AvgIpc) is 2.98. The second-order valence-corrected chi connectivity index (χ2v) is 8.64. The first kappa shape index (κ1) is 20.5. The molecule has 30 heavy (non-hydrogen) atoms. The number of methoxy groups -OCH3 is 1. The Balaban J connectivity index is 1.85. The van der Waals surface area contributed by atoms with Crippen LogP contribution >= 0.6 is 11.6 Å². The second-order valence-electron chi connectivity index (χ2n) is 8.20. The molecule has 2 aromatic carbocycles. The van der Waals surface area contributed by atoms with Crippen molar-refractivity contribution >= 4 is 34.7 Å². The van der Waals surface area contributed by atoms with E-state index in [9.17, 15) is 9.59 Å². The number of hydrogen-bond donors (Lipinski definition) is 0. The molecule has 0 bridgehead atoms. The summed E-state index contributed by atoms with van der Waals surface area (Å²) >= 11 is 6.07. The van der Waals surface area contributed by atoms with Gasteiger partial charge in [0.2, 0.25) is 0 Å². The Morgan fingerprint density at radius 3 is 2.20 bits per heavy atom. The van der Waals surface area contributed by atoms with Gasteiger partial charge in [0, 0.05) is 18.1 Å². The van der Waals surface area contributed by atoms with Gasteiger partial charge in [0.15, 0.2) is 0 Å². The van der Waals surface area contributed by atoms with Gasteiger partial charge in [-0.2, -0.15) is 0 Å². The second kappa shape index (κ2) is 8.15. The third-order valence-corrected chi connectivity index (χ3v) is 5.96. The standard InChI is InChI=1S/C24H25ClN2O3/c1-15-12-16(2)14-26(13-15)22-21(17-8-10-18(25)11-9-17)23(28)27(24(22)29)19-6-4-5-7-20(19)30-3/h4-11,15-16H,12-14H2,1-3H3. The van der Waals surface area contributed by atoms with Gasteiger partial charge in [0.25, 0.3) is 11.8 Å². The van der Waals surface area contributed by atoms with E-state index < -0.39 is 0 Å². The molecule has 2 aliphatic heterocycles. The molecule has 156 valence electrons. The van der Waals surface area contributed by atoms with E-state index in [0.29, 0.717) is 45.1 Å². The van der Waals surface area contributed by atoms with E-state index in [1.807, 2.05) is 6.07 Å². The molecular formula is C24H25ClN2O3. The van der Waals surface area contributed by atoms with Crippen LogP contribution in [0.2, 0.25) is 5.02 Å². The molecule has 2 atom stereocenters. The highest BCUT2D eigenvalue weighted by Gasteiger charge is 2.44. The number of para-hydroxylation sites is 2. The van der Waals surface area contributed by atoms with E-state index in [-0.39, 0.29) is 11.8 Å². The zero-order chi connectivity index (χ0) is 21.4. The number of halogens is 1. The van der Waals surface area contributed by atoms with E-state index in [4.69, 9.17) is 16.3 Å². The predicted octanol–water partition coefficient (Wildman–Crippen LogP) is 4.61. The Morgan fingerprint density at radius 1 is 0.933 bits per heavy atom. The van der Waals surface area contributed by atoms with Crippen molar-refractivity contribution in [3.05, 3.63) is 64.8 Å². The first-order valence-electron chi connectivity index (χ1n) is 10.2. The van der Waals surface area contributed by atoms with Gasteiger partial charge in [-0.25, -0.2) is 4.90 Å². The van der Waals surface area contributed by atoms with Gasteiger partial charge in [-0.05, 0) is 48.1 Å². The van der Waals surface area contributed by atoms with Gasteiger partial charge in [-0.3, -0.25) is 9.59 Å². The topological polar surface area (TPSA) is 49.9 Å². The highest BCUT2D eigenvalue weighted by Crippen LogP contribution is 2.40. The molecule has 5 nitrogen and oxygen atoms in total. The fourth-order valence-corrected chi connectivity index (χ4v) is 4.69. The van der Waals surface area contributed by atoms with Gasteiger partial charge in [0.05, 0.1) is 18.4 Å². The molecule has 0 aliphatic carbocycles. The minimum Gasteiger partial charge on any atom is -0.495 e. The van der Waals surface area contributed by atoms with Gasteiger partial charge >= 0.3 is 0 Å². The van der Waals surface area contributed by atoms with Gasteiger partial charge in [0.1, 0.15) is 11.4 Å². The lowest BCUT2D eigenvalue weighted by atomic mass is 9.91. The summed E-state index contributed by atoms with van der Waals surface area (Å²) in [4.78, 5) is 30.6. The fourth-order valence-electron chi connectivity index (χ4n) is 4.57. The SMILES string of the molecule is COc1ccccc1N1C(=O)C(c2ccc(Cl)cc2)=C(N2CC(C)CC(C)C2)C1=O. The number of imide groups is 1. The number of amides is 2. The number of anilines is 1. The van der Waals surface area contributed by atoms with Gasteiger partial charge in [-0.15, -0.1) is 0 Å². The van der Waals surface area contributed by atoms with Crippen molar-refractivity contribution in [3.63, 3.8) is 0 Å². The molecule has 2 amide bonds. The molecule has 2 aliphatic rings. The van der Waals surface area contributed by atoms with Crippen molar-refractivity contribution in [1.82, 2.24) is 4.90 Å². The van der Waals surface area contributed by atoms with Crippen LogP contribution in [0.5, 0.6) is 5.75 Å². The van der Waals surface area contributed by atoms with Crippen molar-refractivity contribution in [1.29, 1.82) is 0 Å². The smallest absolute Gasteiger partial charge is 0.282 e. The van der Waals surface area contributed by atoms with Crippen molar-refractivity contribution < 1.29 is 14.3 Å². The Morgan fingerprint density at radius 2 is 1.57 bits per heavy atom. The fraction of sp³-hybridized carbons (Fsp3) is 0.333. The van der Waals surface area contributed by atoms with Crippen LogP contribution in [0.15, 0.2) is 54.2 Å². The summed E-state index contributed by atoms with van der Waals surface area (Å²) in [7, 11) is 1.53. The van der Waals surface area contributed by atoms with E-state index in [0.717, 1.165) is 19.5 Å². The number of carbonyl (C=O) groups excluding carboxylic acids is 2. The minimum atomic E-state index is -0.340. The summed E-state index contributed by atoms with van der Waals surface area (Å²) in [6.45, 7) is 5.86. The number of likely N-dealkylation sites (tertiary alicyclic amines) is 1. The number of rotatable bonds is 4. The Bertz CT molecular complexity index is 1010. The zero-order valence-electron chi connectivity index (χ0n) is 17.4. The Labute approximate surface area is 181 Å². The molecule has 1 fully saturated rings. The van der Waals surface area contributed by atoms with Crippen LogP contribution in [0, 0.1) is 11.8 Å². The Hall–Kier alpha value is -2.79. The van der Waals surface area contributed by atoms with Crippen LogP contribution in [0.1, 0.15) is 25.8 Å². The highest BCUT2D eigenvalue weighted by molar-refractivity contribution is 6.45. The van der Waals surface area contributed by atoms with Crippen molar-refractivity contribution in [2.45, 2.75) is 20.3 Å². The number of benzene rings is 2. The summed E-state index contributed by atoms with van der Waals surface area (Å²) in [6.07, 6.45) is 1.11. The normalized spacial score (nSPS) is 22.1. The summed E-state index contributed by atoms with van der Waals surface area (Å²) in [6, 6.07) is 14.2. The summed E-state index contributed by atoms with van der Waals surface area (Å²) in [5, 5.41) is 0.583. The van der Waals surface area contributed by atoms with Crippen LogP contribution in [0.25, 0.3) is 5.57 Å². The van der Waals surface area contributed by atoms with E-state index >= 15 is 0 Å². The van der Waals surface area contributed by atoms with Crippen LogP contribution in [0.4, 0.5) is 5.69 Å². The minimum absolute atomic E-state index is 0.309. The lowest BCUT2D eigenvalue weighted by molar-refractivity contribution is -0.120. The van der Waals surface area contributed by atoms with Gasteiger partial charge < -0.3 is 9.64 Å². The van der Waals surface area contributed by atoms with Gasteiger partial charge in [-0.1, -0.05) is 49.7 Å². The maximum Gasteiger partial charge on any atom is 0.282 e. The monoisotopic (exact) mass is 424 g/mol. The van der Waals surface area contributed by atoms with Crippen LogP contribution in [-0.4, -0.2) is 36.9 Å². The third-order valence-electron chi connectivity index (χ3n) is 5.70. The Kier molecular flexibility index (Phi) is 5.56. The number of nitrogens with zero attached hydrogens (tertiary/aromatic N) is 2. The summed E-state index contributed by atoms with van der Waals surface area (Å²) < 4.78 is 5.43. The molecule has 0 aromatic heterocycles. The lowest BCUT2D eigenvalue weighted by Gasteiger charge is -2.37. The largest absolute Gasteiger partial charge is 0.495 e. The zero-order valence-corrected chi connectivity index (χ0v) is 18.1. The maximum absolute atomic E-state index is 13.7. The van der Waals surface area contributed by atoms with Crippen LogP contribution in [-0.2, 0) is 9.59 Å².